The summed E-state index contributed by atoms with van der Waals surface area (Å²) in [6.45, 7) is 6.91. The number of rotatable bonds is 10. The van der Waals surface area contributed by atoms with Crippen LogP contribution in [0.25, 0.3) is 0 Å². The zero-order valence-electron chi connectivity index (χ0n) is 18.1. The lowest BCUT2D eigenvalue weighted by atomic mass is 10.1. The third-order valence-electron chi connectivity index (χ3n) is 4.04. The topological polar surface area (TPSA) is 117 Å². The summed E-state index contributed by atoms with van der Waals surface area (Å²) in [6.07, 6.45) is -0.844. The summed E-state index contributed by atoms with van der Waals surface area (Å²) in [6, 6.07) is 12.2. The van der Waals surface area contributed by atoms with Gasteiger partial charge in [0.05, 0.1) is 29.8 Å². The first-order valence-electron chi connectivity index (χ1n) is 9.71. The number of nitro groups is 1. The van der Waals surface area contributed by atoms with Gasteiger partial charge in [-0.05, 0) is 57.5 Å². The molecule has 1 unspecified atom stereocenters. The number of carbonyl (C=O) groups is 1. The molecule has 2 aromatic carbocycles. The molecule has 0 aliphatic rings. The number of carbonyl (C=O) groups excluding carboxylic acids is 1. The quantitative estimate of drug-likeness (QED) is 0.217. The molecule has 31 heavy (non-hydrogen) atoms. The van der Waals surface area contributed by atoms with Gasteiger partial charge in [-0.2, -0.15) is 0 Å². The summed E-state index contributed by atoms with van der Waals surface area (Å²) in [7, 11) is -2.55. The minimum absolute atomic E-state index is 0.147. The highest BCUT2D eigenvalue weighted by Gasteiger charge is 2.40. The van der Waals surface area contributed by atoms with E-state index in [4.69, 9.17) is 13.8 Å². The Morgan fingerprint density at radius 2 is 1.61 bits per heavy atom. The molecule has 0 aromatic heterocycles. The first-order valence-corrected chi connectivity index (χ1v) is 11.3. The van der Waals surface area contributed by atoms with Crippen LogP contribution in [0.5, 0.6) is 0 Å². The van der Waals surface area contributed by atoms with Gasteiger partial charge < -0.3 is 19.1 Å². The molecule has 2 aromatic rings. The molecule has 1 N–H and O–H groups in total. The minimum atomic E-state index is -3.84. The summed E-state index contributed by atoms with van der Waals surface area (Å²) < 4.78 is 30.1. The van der Waals surface area contributed by atoms with Crippen molar-refractivity contribution in [3.05, 3.63) is 69.8 Å². The lowest BCUT2D eigenvalue weighted by Crippen LogP contribution is -2.19. The highest BCUT2D eigenvalue weighted by molar-refractivity contribution is 7.54. The molecule has 0 amide bonds. The van der Waals surface area contributed by atoms with Crippen molar-refractivity contribution in [2.24, 2.45) is 0 Å². The Labute approximate surface area is 181 Å². The summed E-state index contributed by atoms with van der Waals surface area (Å²) in [5, 5.41) is 14.4. The van der Waals surface area contributed by atoms with E-state index in [2.05, 4.69) is 5.32 Å². The van der Waals surface area contributed by atoms with Crippen LogP contribution in [0.3, 0.4) is 0 Å². The molecule has 0 aliphatic heterocycles. The second-order valence-electron chi connectivity index (χ2n) is 7.32. The highest BCUT2D eigenvalue weighted by Crippen LogP contribution is 2.62. The Morgan fingerprint density at radius 3 is 2.10 bits per heavy atom. The van der Waals surface area contributed by atoms with E-state index < -0.39 is 36.5 Å². The lowest BCUT2D eigenvalue weighted by Gasteiger charge is -2.31. The monoisotopic (exact) mass is 450 g/mol. The van der Waals surface area contributed by atoms with Crippen molar-refractivity contribution in [1.82, 2.24) is 0 Å². The Kier molecular flexibility index (Phi) is 8.33. The number of nitro benzene ring substituents is 1. The van der Waals surface area contributed by atoms with E-state index >= 15 is 0 Å². The van der Waals surface area contributed by atoms with E-state index in [1.807, 2.05) is 0 Å². The van der Waals surface area contributed by atoms with Gasteiger partial charge in [0.1, 0.15) is 0 Å². The highest BCUT2D eigenvalue weighted by atomic mass is 31.2. The minimum Gasteiger partial charge on any atom is -0.465 e. The molecular weight excluding hydrogens is 423 g/mol. The smallest absolute Gasteiger partial charge is 0.357 e. The molecule has 0 saturated heterocycles. The molecule has 0 spiro atoms. The van der Waals surface area contributed by atoms with Gasteiger partial charge in [-0.25, -0.2) is 4.79 Å². The van der Waals surface area contributed by atoms with Gasteiger partial charge in [0, 0.05) is 17.8 Å². The summed E-state index contributed by atoms with van der Waals surface area (Å²) >= 11 is 0. The fourth-order valence-electron chi connectivity index (χ4n) is 2.87. The van der Waals surface area contributed by atoms with Crippen LogP contribution in [0, 0.1) is 10.1 Å². The standard InChI is InChI=1S/C21H27N2O7P/c1-14(2)29-31(27,30-15(3)4)20(17-7-6-8-19(13-17)23(25)26)22-18-11-9-16(10-12-18)21(24)28-5/h6-15,20,22H,1-5H3. The molecule has 10 heteroatoms. The molecule has 0 bridgehead atoms. The Bertz CT molecular complexity index is 946. The largest absolute Gasteiger partial charge is 0.465 e. The van der Waals surface area contributed by atoms with Gasteiger partial charge in [-0.1, -0.05) is 12.1 Å². The first-order chi connectivity index (χ1) is 14.6. The Hall–Kier alpha value is -2.74. The molecule has 9 nitrogen and oxygen atoms in total. The molecule has 0 aliphatic carbocycles. The van der Waals surface area contributed by atoms with Crippen LogP contribution in [0.2, 0.25) is 0 Å². The lowest BCUT2D eigenvalue weighted by molar-refractivity contribution is -0.384. The van der Waals surface area contributed by atoms with Crippen molar-refractivity contribution in [2.75, 3.05) is 12.4 Å². The molecule has 0 fully saturated rings. The number of non-ortho nitro benzene ring substituents is 1. The predicted molar refractivity (Wildman–Crippen MR) is 117 cm³/mol. The third-order valence-corrected chi connectivity index (χ3v) is 6.53. The molecule has 1 atom stereocenters. The van der Waals surface area contributed by atoms with Crippen molar-refractivity contribution in [1.29, 1.82) is 0 Å². The van der Waals surface area contributed by atoms with Crippen molar-refractivity contribution >= 4 is 24.9 Å². The van der Waals surface area contributed by atoms with Crippen molar-refractivity contribution < 1.29 is 28.1 Å². The van der Waals surface area contributed by atoms with Gasteiger partial charge in [-0.15, -0.1) is 0 Å². The van der Waals surface area contributed by atoms with Crippen LogP contribution < -0.4 is 5.32 Å². The molecular formula is C21H27N2O7P. The van der Waals surface area contributed by atoms with Gasteiger partial charge in [0.15, 0.2) is 5.78 Å². The Balaban J connectivity index is 2.53. The van der Waals surface area contributed by atoms with E-state index in [9.17, 15) is 19.5 Å². The third kappa shape index (κ3) is 6.62. The Morgan fingerprint density at radius 1 is 1.03 bits per heavy atom. The van der Waals surface area contributed by atoms with Crippen molar-refractivity contribution in [2.45, 2.75) is 45.7 Å². The van der Waals surface area contributed by atoms with Crippen LogP contribution in [-0.2, 0) is 18.3 Å². The molecule has 2 rings (SSSR count). The molecule has 0 saturated carbocycles. The van der Waals surface area contributed by atoms with Gasteiger partial charge in [0.2, 0.25) is 0 Å². The van der Waals surface area contributed by atoms with Gasteiger partial charge in [-0.3, -0.25) is 14.7 Å². The predicted octanol–water partition coefficient (Wildman–Crippen LogP) is 5.54. The maximum absolute atomic E-state index is 13.9. The van der Waals surface area contributed by atoms with Crippen LogP contribution in [0.4, 0.5) is 11.4 Å². The molecule has 168 valence electrons. The molecule has 0 radical (unpaired) electrons. The average molecular weight is 450 g/mol. The maximum atomic E-state index is 13.9. The number of esters is 1. The fourth-order valence-corrected chi connectivity index (χ4v) is 5.17. The number of hydrogen-bond acceptors (Lipinski definition) is 8. The number of ether oxygens (including phenoxy) is 1. The number of benzene rings is 2. The zero-order chi connectivity index (χ0) is 23.2. The number of nitrogens with zero attached hydrogens (tertiary/aromatic N) is 1. The van der Waals surface area contributed by atoms with Crippen LogP contribution in [0.1, 0.15) is 49.4 Å². The normalized spacial score (nSPS) is 12.6. The first kappa shape index (κ1) is 24.5. The van der Waals surface area contributed by atoms with E-state index in [1.165, 1.54) is 25.3 Å². The second kappa shape index (κ2) is 10.5. The van der Waals surface area contributed by atoms with E-state index in [1.54, 1.807) is 58.0 Å². The maximum Gasteiger partial charge on any atom is 0.357 e. The molecule has 0 heterocycles. The summed E-state index contributed by atoms with van der Waals surface area (Å²) in [5.74, 6) is -1.51. The number of hydrogen-bond donors (Lipinski definition) is 1. The van der Waals surface area contributed by atoms with Crippen LogP contribution in [-0.4, -0.2) is 30.2 Å². The number of methoxy groups -OCH3 is 1. The summed E-state index contributed by atoms with van der Waals surface area (Å²) in [4.78, 5) is 22.4. The van der Waals surface area contributed by atoms with Crippen molar-refractivity contribution in [3.8, 4) is 0 Å². The number of nitrogens with one attached hydrogen (secondary N) is 1. The van der Waals surface area contributed by atoms with Crippen LogP contribution in [0.15, 0.2) is 48.5 Å². The summed E-state index contributed by atoms with van der Waals surface area (Å²) in [5.41, 5.74) is 1.09. The number of anilines is 1. The van der Waals surface area contributed by atoms with E-state index in [0.29, 0.717) is 16.8 Å². The van der Waals surface area contributed by atoms with E-state index in [0.717, 1.165) is 0 Å². The zero-order valence-corrected chi connectivity index (χ0v) is 19.0. The second-order valence-corrected chi connectivity index (χ2v) is 9.33. The van der Waals surface area contributed by atoms with E-state index in [-0.39, 0.29) is 5.69 Å². The van der Waals surface area contributed by atoms with Gasteiger partial charge >= 0.3 is 13.6 Å². The fraction of sp³-hybridized carbons (Fsp3) is 0.381. The van der Waals surface area contributed by atoms with Gasteiger partial charge in [0.25, 0.3) is 5.69 Å². The SMILES string of the molecule is COC(=O)c1ccc(NC(c2cccc([N+](=O)[O-])c2)P(=O)(OC(C)C)OC(C)C)cc1. The average Bonchev–Trinajstić information content (AvgIpc) is 2.70. The van der Waals surface area contributed by atoms with Crippen LogP contribution >= 0.6 is 7.60 Å². The van der Waals surface area contributed by atoms with Crippen molar-refractivity contribution in [3.63, 3.8) is 0 Å².